The zero-order chi connectivity index (χ0) is 15.2. The lowest BCUT2D eigenvalue weighted by atomic mass is 10.3. The molecule has 0 bridgehead atoms. The largest absolute Gasteiger partial charge is 0.486 e. The van der Waals surface area contributed by atoms with Crippen LogP contribution in [-0.2, 0) is 6.61 Å². The molecular formula is C14H18Cl3N3O2S. The van der Waals surface area contributed by atoms with Gasteiger partial charge in [-0.2, -0.15) is 0 Å². The average Bonchev–Trinajstić information content (AvgIpc) is 2.85. The summed E-state index contributed by atoms with van der Waals surface area (Å²) in [6.07, 6.45) is 0. The smallest absolute Gasteiger partial charge is 0.263 e. The van der Waals surface area contributed by atoms with Crippen LogP contribution >= 0.6 is 47.8 Å². The van der Waals surface area contributed by atoms with E-state index in [-0.39, 0.29) is 30.7 Å². The lowest BCUT2D eigenvalue weighted by molar-refractivity contribution is 0.0958. The van der Waals surface area contributed by atoms with Gasteiger partial charge in [0.1, 0.15) is 22.2 Å². The maximum absolute atomic E-state index is 11.9. The lowest BCUT2D eigenvalue weighted by Crippen LogP contribution is -2.28. The van der Waals surface area contributed by atoms with E-state index in [1.807, 2.05) is 0 Å². The van der Waals surface area contributed by atoms with Gasteiger partial charge in [0.2, 0.25) is 0 Å². The fourth-order valence-electron chi connectivity index (χ4n) is 1.67. The molecule has 1 aromatic carbocycles. The number of benzene rings is 1. The first-order valence-corrected chi connectivity index (χ1v) is 7.62. The normalized spacial score (nSPS) is 9.52. The van der Waals surface area contributed by atoms with E-state index in [0.717, 1.165) is 5.01 Å². The van der Waals surface area contributed by atoms with Gasteiger partial charge in [-0.1, -0.05) is 11.6 Å². The van der Waals surface area contributed by atoms with E-state index in [2.05, 4.69) is 10.3 Å². The molecule has 0 atom stereocenters. The molecule has 23 heavy (non-hydrogen) atoms. The molecule has 3 N–H and O–H groups in total. The molecule has 1 amide bonds. The highest BCUT2D eigenvalue weighted by molar-refractivity contribution is 7.13. The van der Waals surface area contributed by atoms with Gasteiger partial charge in [-0.05, 0) is 31.2 Å². The molecule has 1 aromatic heterocycles. The first-order valence-electron chi connectivity index (χ1n) is 6.43. The predicted octanol–water partition coefficient (Wildman–Crippen LogP) is 3.22. The number of amides is 1. The molecule has 0 saturated carbocycles. The maximum atomic E-state index is 11.9. The molecule has 0 fully saturated rings. The Morgan fingerprint density at radius 2 is 2.00 bits per heavy atom. The van der Waals surface area contributed by atoms with Crippen LogP contribution in [0.3, 0.4) is 0 Å². The Morgan fingerprint density at radius 1 is 1.35 bits per heavy atom. The van der Waals surface area contributed by atoms with Crippen LogP contribution in [0.25, 0.3) is 0 Å². The number of nitrogens with zero attached hydrogens (tertiary/aromatic N) is 1. The summed E-state index contributed by atoms with van der Waals surface area (Å²) in [4.78, 5) is 16.8. The number of ether oxygens (including phenoxy) is 1. The number of aryl methyl sites for hydroxylation is 1. The quantitative estimate of drug-likeness (QED) is 0.783. The fourth-order valence-corrected chi connectivity index (χ4v) is 2.69. The zero-order valence-corrected chi connectivity index (χ0v) is 15.6. The van der Waals surface area contributed by atoms with Crippen LogP contribution in [0.15, 0.2) is 24.3 Å². The summed E-state index contributed by atoms with van der Waals surface area (Å²) in [5, 5.41) is 4.14. The second-order valence-electron chi connectivity index (χ2n) is 4.31. The number of thiazole rings is 1. The van der Waals surface area contributed by atoms with Crippen LogP contribution in [0.2, 0.25) is 5.02 Å². The Labute approximate surface area is 156 Å². The van der Waals surface area contributed by atoms with Crippen molar-refractivity contribution in [2.45, 2.75) is 13.5 Å². The number of nitrogens with one attached hydrogen (secondary N) is 1. The van der Waals surface area contributed by atoms with Crippen molar-refractivity contribution in [3.63, 3.8) is 0 Å². The van der Waals surface area contributed by atoms with Crippen molar-refractivity contribution in [1.82, 2.24) is 10.3 Å². The Hall–Kier alpha value is -1.05. The molecule has 2 rings (SSSR count). The van der Waals surface area contributed by atoms with Gasteiger partial charge >= 0.3 is 0 Å². The molecule has 0 aliphatic rings. The van der Waals surface area contributed by atoms with Crippen molar-refractivity contribution >= 4 is 53.7 Å². The van der Waals surface area contributed by atoms with Crippen LogP contribution in [0, 0.1) is 6.92 Å². The maximum Gasteiger partial charge on any atom is 0.263 e. The van der Waals surface area contributed by atoms with Gasteiger partial charge in [0.05, 0.1) is 5.69 Å². The van der Waals surface area contributed by atoms with Gasteiger partial charge in [0.25, 0.3) is 5.91 Å². The molecule has 0 aliphatic carbocycles. The summed E-state index contributed by atoms with van der Waals surface area (Å²) in [5.74, 6) is 0.564. The molecule has 0 radical (unpaired) electrons. The van der Waals surface area contributed by atoms with Crippen molar-refractivity contribution in [3.8, 4) is 5.75 Å². The number of carbonyl (C=O) groups is 1. The highest BCUT2D eigenvalue weighted by atomic mass is 35.5. The van der Waals surface area contributed by atoms with E-state index in [1.165, 1.54) is 11.3 Å². The van der Waals surface area contributed by atoms with Crippen LogP contribution in [0.5, 0.6) is 5.75 Å². The minimum Gasteiger partial charge on any atom is -0.486 e. The van der Waals surface area contributed by atoms with Gasteiger partial charge < -0.3 is 15.8 Å². The Kier molecular flexibility index (Phi) is 10.2. The van der Waals surface area contributed by atoms with E-state index in [1.54, 1.807) is 31.2 Å². The van der Waals surface area contributed by atoms with Crippen molar-refractivity contribution in [3.05, 3.63) is 44.9 Å². The van der Waals surface area contributed by atoms with Crippen LogP contribution in [-0.4, -0.2) is 24.0 Å². The standard InChI is InChI=1S/C14H16ClN3O2S.2ClH/c1-9-13(14(19)17-7-6-16)21-12(18-9)8-20-11-4-2-10(15)3-5-11;;/h2-5H,6-8,16H2,1H3,(H,17,19);2*1H. The monoisotopic (exact) mass is 397 g/mol. The summed E-state index contributed by atoms with van der Waals surface area (Å²) in [7, 11) is 0. The third kappa shape index (κ3) is 6.53. The van der Waals surface area contributed by atoms with E-state index in [4.69, 9.17) is 22.1 Å². The third-order valence-electron chi connectivity index (χ3n) is 2.65. The number of halogens is 3. The molecule has 5 nitrogen and oxygen atoms in total. The van der Waals surface area contributed by atoms with E-state index in [9.17, 15) is 4.79 Å². The van der Waals surface area contributed by atoms with E-state index < -0.39 is 0 Å². The minimum absolute atomic E-state index is 0. The Balaban J connectivity index is 0.00000242. The number of nitrogens with two attached hydrogens (primary N) is 1. The molecule has 9 heteroatoms. The number of rotatable bonds is 6. The average molecular weight is 399 g/mol. The predicted molar refractivity (Wildman–Crippen MR) is 98.5 cm³/mol. The highest BCUT2D eigenvalue weighted by Gasteiger charge is 2.15. The van der Waals surface area contributed by atoms with Gasteiger partial charge in [-0.25, -0.2) is 4.98 Å². The van der Waals surface area contributed by atoms with Gasteiger partial charge in [0, 0.05) is 18.1 Å². The molecular weight excluding hydrogens is 381 g/mol. The Morgan fingerprint density at radius 3 is 2.61 bits per heavy atom. The number of carbonyl (C=O) groups excluding carboxylic acids is 1. The topological polar surface area (TPSA) is 77.2 Å². The van der Waals surface area contributed by atoms with Crippen molar-refractivity contribution in [2.24, 2.45) is 5.73 Å². The number of aromatic nitrogens is 1. The van der Waals surface area contributed by atoms with Crippen molar-refractivity contribution in [2.75, 3.05) is 13.1 Å². The summed E-state index contributed by atoms with van der Waals surface area (Å²) in [5.41, 5.74) is 6.06. The SMILES string of the molecule is Cc1nc(COc2ccc(Cl)cc2)sc1C(=O)NCCN.Cl.Cl. The molecule has 0 aliphatic heterocycles. The first kappa shape index (κ1) is 21.9. The molecule has 2 aromatic rings. The van der Waals surface area contributed by atoms with Crippen LogP contribution in [0.4, 0.5) is 0 Å². The molecule has 0 saturated heterocycles. The summed E-state index contributed by atoms with van der Waals surface area (Å²) < 4.78 is 5.61. The number of hydrogen-bond acceptors (Lipinski definition) is 5. The second kappa shape index (κ2) is 10.7. The molecule has 0 unspecified atom stereocenters. The first-order chi connectivity index (χ1) is 10.1. The highest BCUT2D eigenvalue weighted by Crippen LogP contribution is 2.21. The van der Waals surface area contributed by atoms with Crippen LogP contribution < -0.4 is 15.8 Å². The van der Waals surface area contributed by atoms with Crippen molar-refractivity contribution in [1.29, 1.82) is 0 Å². The summed E-state index contributed by atoms with van der Waals surface area (Å²) in [6.45, 7) is 2.99. The van der Waals surface area contributed by atoms with E-state index in [0.29, 0.717) is 41.0 Å². The van der Waals surface area contributed by atoms with Crippen molar-refractivity contribution < 1.29 is 9.53 Å². The molecule has 0 spiro atoms. The van der Waals surface area contributed by atoms with Gasteiger partial charge in [-0.3, -0.25) is 4.79 Å². The third-order valence-corrected chi connectivity index (χ3v) is 4.03. The fraction of sp³-hybridized carbons (Fsp3) is 0.286. The lowest BCUT2D eigenvalue weighted by Gasteiger charge is -2.03. The van der Waals surface area contributed by atoms with E-state index >= 15 is 0 Å². The zero-order valence-electron chi connectivity index (χ0n) is 12.4. The number of hydrogen-bond donors (Lipinski definition) is 2. The second-order valence-corrected chi connectivity index (χ2v) is 5.83. The summed E-state index contributed by atoms with van der Waals surface area (Å²) >= 11 is 7.14. The summed E-state index contributed by atoms with van der Waals surface area (Å²) in [6, 6.07) is 7.10. The van der Waals surface area contributed by atoms with Gasteiger partial charge in [-0.15, -0.1) is 36.2 Å². The Bertz CT molecular complexity index is 620. The minimum atomic E-state index is -0.145. The molecule has 1 heterocycles. The molecule has 128 valence electrons. The van der Waals surface area contributed by atoms with Gasteiger partial charge in [0.15, 0.2) is 0 Å². The van der Waals surface area contributed by atoms with Crippen LogP contribution in [0.1, 0.15) is 20.4 Å².